The van der Waals surface area contributed by atoms with Gasteiger partial charge in [0.25, 0.3) is 5.91 Å². The van der Waals surface area contributed by atoms with Crippen molar-refractivity contribution >= 4 is 17.5 Å². The maximum atomic E-state index is 12.4. The molecule has 0 aliphatic carbocycles. The number of pyridine rings is 1. The molecule has 0 spiro atoms. The summed E-state index contributed by atoms with van der Waals surface area (Å²) in [5, 5.41) is 7.29. The van der Waals surface area contributed by atoms with Crippen LogP contribution >= 0.6 is 0 Å². The molecule has 2 aliphatic heterocycles. The van der Waals surface area contributed by atoms with Crippen molar-refractivity contribution in [2.75, 3.05) is 18.4 Å². The van der Waals surface area contributed by atoms with Gasteiger partial charge < -0.3 is 10.2 Å². The minimum atomic E-state index is -2.51. The first kappa shape index (κ1) is 15.4. The second-order valence-corrected chi connectivity index (χ2v) is 7.53. The van der Waals surface area contributed by atoms with Crippen molar-refractivity contribution in [2.45, 2.75) is 32.6 Å². The van der Waals surface area contributed by atoms with Crippen molar-refractivity contribution in [3.8, 4) is 16.8 Å². The predicted molar refractivity (Wildman–Crippen MR) is 114 cm³/mol. The summed E-state index contributed by atoms with van der Waals surface area (Å²) in [7, 11) is 0. The van der Waals surface area contributed by atoms with Crippen LogP contribution in [0.3, 0.4) is 0 Å². The maximum Gasteiger partial charge on any atom is 0.254 e. The highest BCUT2D eigenvalue weighted by Gasteiger charge is 2.26. The summed E-state index contributed by atoms with van der Waals surface area (Å²) in [4.78, 5) is 30.0. The van der Waals surface area contributed by atoms with E-state index in [4.69, 9.17) is 4.11 Å². The van der Waals surface area contributed by atoms with E-state index in [0.29, 0.717) is 30.6 Å². The molecule has 30 heavy (non-hydrogen) atoms. The Kier molecular flexibility index (Phi) is 3.63. The Morgan fingerprint density at radius 2 is 2.07 bits per heavy atom. The van der Waals surface area contributed by atoms with Crippen LogP contribution < -0.4 is 10.2 Å². The second-order valence-electron chi connectivity index (χ2n) is 7.53. The highest BCUT2D eigenvalue weighted by Crippen LogP contribution is 2.36. The van der Waals surface area contributed by atoms with Crippen LogP contribution in [0.5, 0.6) is 0 Å². The van der Waals surface area contributed by atoms with Gasteiger partial charge >= 0.3 is 0 Å². The molecule has 3 aromatic rings. The van der Waals surface area contributed by atoms with Crippen LogP contribution in [0.1, 0.15) is 44.6 Å². The fourth-order valence-electron chi connectivity index (χ4n) is 4.34. The molecule has 0 radical (unpaired) electrons. The molecule has 0 saturated carbocycles. The standard InChI is InChI=1S/C23H23N5O2/c1-3-25-23(30)18-12-26-28-20(18)8-6-16-17(11-24-13-21(16)28)14-4-7-19-15(10-14)5-9-22(29)27(19)2/h4,7,10-13H,3,5-6,8-9H2,1-2H3,(H,25,30)/i2D3. The molecule has 2 aliphatic rings. The molecule has 0 fully saturated rings. The smallest absolute Gasteiger partial charge is 0.254 e. The van der Waals surface area contributed by atoms with Gasteiger partial charge in [-0.05, 0) is 55.0 Å². The van der Waals surface area contributed by atoms with E-state index in [1.54, 1.807) is 29.3 Å². The fraction of sp³-hybridized carbons (Fsp3) is 0.304. The second kappa shape index (κ2) is 7.09. The molecule has 7 heteroatoms. The lowest BCUT2D eigenvalue weighted by atomic mass is 9.91. The summed E-state index contributed by atoms with van der Waals surface area (Å²) < 4.78 is 25.0. The number of aromatic nitrogens is 3. The van der Waals surface area contributed by atoms with E-state index in [9.17, 15) is 9.59 Å². The summed E-state index contributed by atoms with van der Waals surface area (Å²) >= 11 is 0. The summed E-state index contributed by atoms with van der Waals surface area (Å²) in [6, 6.07) is 5.51. The highest BCUT2D eigenvalue weighted by atomic mass is 16.2. The number of carbonyl (C=O) groups excluding carboxylic acids is 2. The largest absolute Gasteiger partial charge is 0.352 e. The van der Waals surface area contributed by atoms with Crippen molar-refractivity contribution in [1.82, 2.24) is 20.1 Å². The predicted octanol–water partition coefficient (Wildman–Crippen LogP) is 2.69. The number of nitrogens with zero attached hydrogens (tertiary/aromatic N) is 4. The number of amides is 2. The van der Waals surface area contributed by atoms with Crippen LogP contribution in [0.2, 0.25) is 0 Å². The molecule has 1 aromatic carbocycles. The van der Waals surface area contributed by atoms with Gasteiger partial charge in [-0.3, -0.25) is 14.6 Å². The zero-order valence-corrected chi connectivity index (χ0v) is 16.6. The Balaban J connectivity index is 1.56. The van der Waals surface area contributed by atoms with Gasteiger partial charge in [-0.1, -0.05) is 6.07 Å². The first-order chi connectivity index (χ1) is 15.8. The average molecular weight is 404 g/mol. The number of carbonyl (C=O) groups is 2. The molecule has 4 heterocycles. The normalized spacial score (nSPS) is 16.6. The molecule has 5 rings (SSSR count). The molecule has 2 aromatic heterocycles. The van der Waals surface area contributed by atoms with Crippen LogP contribution in [0.15, 0.2) is 36.8 Å². The lowest BCUT2D eigenvalue weighted by molar-refractivity contribution is -0.118. The molecule has 0 unspecified atom stereocenters. The summed E-state index contributed by atoms with van der Waals surface area (Å²) in [5.41, 5.74) is 6.47. The third kappa shape index (κ3) is 2.81. The van der Waals surface area contributed by atoms with Crippen LogP contribution in [0, 0.1) is 0 Å². The summed E-state index contributed by atoms with van der Waals surface area (Å²) in [6.45, 7) is -0.0838. The third-order valence-corrected chi connectivity index (χ3v) is 5.81. The van der Waals surface area contributed by atoms with Crippen molar-refractivity contribution in [2.24, 2.45) is 0 Å². The Hall–Kier alpha value is -3.48. The number of benzene rings is 1. The van der Waals surface area contributed by atoms with Crippen LogP contribution in [0.25, 0.3) is 16.8 Å². The Morgan fingerprint density at radius 1 is 1.17 bits per heavy atom. The minimum absolute atomic E-state index is 0.130. The molecule has 2 amide bonds. The van der Waals surface area contributed by atoms with Gasteiger partial charge in [0.1, 0.15) is 0 Å². The molecule has 1 N–H and O–H groups in total. The lowest BCUT2D eigenvalue weighted by Gasteiger charge is -2.27. The van der Waals surface area contributed by atoms with E-state index in [1.807, 2.05) is 19.1 Å². The van der Waals surface area contributed by atoms with Gasteiger partial charge in [0, 0.05) is 41.5 Å². The molecule has 0 atom stereocenters. The monoisotopic (exact) mass is 404 g/mol. The number of hydrogen-bond acceptors (Lipinski definition) is 4. The number of anilines is 1. The molecular weight excluding hydrogens is 378 g/mol. The summed E-state index contributed by atoms with van der Waals surface area (Å²) in [6.07, 6.45) is 7.21. The number of hydrogen-bond donors (Lipinski definition) is 1. The van der Waals surface area contributed by atoms with E-state index in [2.05, 4.69) is 15.4 Å². The van der Waals surface area contributed by atoms with Gasteiger partial charge in [0.05, 0.1) is 29.3 Å². The van der Waals surface area contributed by atoms with E-state index >= 15 is 0 Å². The highest BCUT2D eigenvalue weighted by molar-refractivity contribution is 5.97. The zero-order chi connectivity index (χ0) is 23.3. The van der Waals surface area contributed by atoms with E-state index in [1.165, 1.54) is 0 Å². The number of nitrogens with one attached hydrogen (secondary N) is 1. The van der Waals surface area contributed by atoms with Gasteiger partial charge in [0.15, 0.2) is 0 Å². The van der Waals surface area contributed by atoms with E-state index in [0.717, 1.165) is 45.0 Å². The van der Waals surface area contributed by atoms with Crippen LogP contribution in [-0.2, 0) is 24.1 Å². The fourth-order valence-corrected chi connectivity index (χ4v) is 4.34. The topological polar surface area (TPSA) is 80.1 Å². The average Bonchev–Trinajstić information content (AvgIpc) is 3.22. The van der Waals surface area contributed by atoms with Gasteiger partial charge in [0.2, 0.25) is 5.91 Å². The SMILES string of the molecule is [2H]C([2H])([2H])N1C(=O)CCc2cc(-c3cncc4c3CCc3c(C(=O)NCC)cnn3-4)ccc21. The van der Waals surface area contributed by atoms with Crippen molar-refractivity contribution in [1.29, 1.82) is 0 Å². The van der Waals surface area contributed by atoms with Gasteiger partial charge in [-0.25, -0.2) is 4.68 Å². The first-order valence-electron chi connectivity index (χ1n) is 11.6. The Morgan fingerprint density at radius 3 is 2.90 bits per heavy atom. The molecule has 0 saturated heterocycles. The zero-order valence-electron chi connectivity index (χ0n) is 19.6. The van der Waals surface area contributed by atoms with Crippen molar-refractivity contribution < 1.29 is 13.7 Å². The molecule has 0 bridgehead atoms. The van der Waals surface area contributed by atoms with Crippen LogP contribution in [-0.4, -0.2) is 40.1 Å². The Labute approximate surface area is 178 Å². The third-order valence-electron chi connectivity index (χ3n) is 5.81. The number of rotatable bonds is 3. The number of aryl methyl sites for hydroxylation is 1. The lowest BCUT2D eigenvalue weighted by Crippen LogP contribution is -2.31. The van der Waals surface area contributed by atoms with E-state index in [-0.39, 0.29) is 18.2 Å². The first-order valence-corrected chi connectivity index (χ1v) is 10.1. The summed E-state index contributed by atoms with van der Waals surface area (Å²) in [5.74, 6) is -0.516. The van der Waals surface area contributed by atoms with Crippen molar-refractivity contribution in [3.63, 3.8) is 0 Å². The van der Waals surface area contributed by atoms with Gasteiger partial charge in [-0.15, -0.1) is 0 Å². The molecule has 7 nitrogen and oxygen atoms in total. The molecular formula is C23H23N5O2. The van der Waals surface area contributed by atoms with Crippen LogP contribution in [0.4, 0.5) is 5.69 Å². The maximum absolute atomic E-state index is 12.4. The quantitative estimate of drug-likeness (QED) is 0.728. The van der Waals surface area contributed by atoms with E-state index < -0.39 is 6.98 Å². The van der Waals surface area contributed by atoms with Gasteiger partial charge in [-0.2, -0.15) is 5.10 Å². The molecule has 152 valence electrons. The van der Waals surface area contributed by atoms with Crippen molar-refractivity contribution in [3.05, 3.63) is 59.2 Å². The minimum Gasteiger partial charge on any atom is -0.352 e. The number of fused-ring (bicyclic) bond motifs is 4. The Bertz CT molecular complexity index is 1280.